The topological polar surface area (TPSA) is 82.2 Å². The van der Waals surface area contributed by atoms with Gasteiger partial charge in [-0.3, -0.25) is 14.4 Å². The highest BCUT2D eigenvalue weighted by Crippen LogP contribution is 2.27. The third kappa shape index (κ3) is 6.87. The van der Waals surface area contributed by atoms with E-state index in [9.17, 15) is 18.8 Å². The Kier molecular flexibility index (Phi) is 8.87. The largest absolute Gasteiger partial charge is 0.489 e. The molecule has 8 nitrogen and oxygen atoms in total. The van der Waals surface area contributed by atoms with Crippen LogP contribution in [0.3, 0.4) is 0 Å². The average molecular weight is 624 g/mol. The quantitative estimate of drug-likeness (QED) is 0.411. The molecule has 1 unspecified atom stereocenters. The fourth-order valence-corrected chi connectivity index (χ4v) is 5.36. The molecule has 1 N–H and O–H groups in total. The van der Waals surface area contributed by atoms with Gasteiger partial charge in [0.15, 0.2) is 0 Å². The van der Waals surface area contributed by atoms with E-state index in [1.165, 1.54) is 17.0 Å². The number of nitrogens with one attached hydrogen (secondary N) is 1. The van der Waals surface area contributed by atoms with Gasteiger partial charge in [0.2, 0.25) is 5.91 Å². The number of nitrogens with zero attached hydrogens (tertiary/aromatic N) is 3. The van der Waals surface area contributed by atoms with Crippen molar-refractivity contribution in [3.8, 4) is 5.75 Å². The molecule has 3 amide bonds. The summed E-state index contributed by atoms with van der Waals surface area (Å²) in [5.74, 6) is -1.17. The summed E-state index contributed by atoms with van der Waals surface area (Å²) in [5, 5.41) is 2.69. The molecule has 0 saturated carbocycles. The van der Waals surface area contributed by atoms with Crippen molar-refractivity contribution in [2.45, 2.75) is 32.4 Å². The Labute approximate surface area is 247 Å². The van der Waals surface area contributed by atoms with E-state index >= 15 is 0 Å². The first-order valence-electron chi connectivity index (χ1n) is 13.7. The van der Waals surface area contributed by atoms with Crippen molar-refractivity contribution >= 4 is 45.0 Å². The number of carbonyl (C=O) groups is 3. The van der Waals surface area contributed by atoms with Crippen molar-refractivity contribution in [1.29, 1.82) is 0 Å². The lowest BCUT2D eigenvalue weighted by molar-refractivity contribution is -0.147. The van der Waals surface area contributed by atoms with Crippen molar-refractivity contribution < 1.29 is 23.5 Å². The maximum atomic E-state index is 13.2. The minimum Gasteiger partial charge on any atom is -0.489 e. The summed E-state index contributed by atoms with van der Waals surface area (Å²) >= 11 is 3.48. The van der Waals surface area contributed by atoms with Gasteiger partial charge in [0.05, 0.1) is 0 Å². The SMILES string of the molecule is Cc1cc(N2CCCC(NC(=O)C(=O)N3CCN(c4cccc(OCc5ccc(F)cc5)c4)CC3)C2=O)ccc1Br. The summed E-state index contributed by atoms with van der Waals surface area (Å²) < 4.78 is 20.0. The van der Waals surface area contributed by atoms with Crippen LogP contribution in [0.1, 0.15) is 24.0 Å². The molecule has 3 aromatic carbocycles. The summed E-state index contributed by atoms with van der Waals surface area (Å²) in [5.41, 5.74) is 3.62. The maximum absolute atomic E-state index is 13.2. The van der Waals surface area contributed by atoms with Gasteiger partial charge < -0.3 is 24.8 Å². The molecule has 2 aliphatic rings. The first-order chi connectivity index (χ1) is 19.8. The van der Waals surface area contributed by atoms with Crippen LogP contribution in [0.5, 0.6) is 5.75 Å². The summed E-state index contributed by atoms with van der Waals surface area (Å²) in [4.78, 5) is 44.4. The number of aryl methyl sites for hydroxylation is 1. The lowest BCUT2D eigenvalue weighted by Crippen LogP contribution is -2.57. The highest BCUT2D eigenvalue weighted by molar-refractivity contribution is 9.10. The molecule has 0 radical (unpaired) electrons. The number of rotatable bonds is 6. The van der Waals surface area contributed by atoms with E-state index in [-0.39, 0.29) is 11.7 Å². The Morgan fingerprint density at radius 1 is 0.976 bits per heavy atom. The highest BCUT2D eigenvalue weighted by atomic mass is 79.9. The predicted octanol–water partition coefficient (Wildman–Crippen LogP) is 4.44. The van der Waals surface area contributed by atoms with Gasteiger partial charge in [0.25, 0.3) is 0 Å². The van der Waals surface area contributed by atoms with E-state index in [1.807, 2.05) is 49.4 Å². The molecule has 0 bridgehead atoms. The van der Waals surface area contributed by atoms with Crippen LogP contribution in [0.4, 0.5) is 15.8 Å². The number of piperidine rings is 1. The number of hydrogen-bond donors (Lipinski definition) is 1. The van der Waals surface area contributed by atoms with Crippen LogP contribution < -0.4 is 19.9 Å². The van der Waals surface area contributed by atoms with Crippen molar-refractivity contribution in [3.63, 3.8) is 0 Å². The molecule has 2 aliphatic heterocycles. The summed E-state index contributed by atoms with van der Waals surface area (Å²) in [6, 6.07) is 18.8. The number of piperazine rings is 1. The second-order valence-electron chi connectivity index (χ2n) is 10.3. The zero-order valence-electron chi connectivity index (χ0n) is 22.8. The lowest BCUT2D eigenvalue weighted by atomic mass is 10.0. The third-order valence-electron chi connectivity index (χ3n) is 7.46. The number of halogens is 2. The van der Waals surface area contributed by atoms with Crippen LogP contribution in [0, 0.1) is 12.7 Å². The van der Waals surface area contributed by atoms with Crippen LogP contribution in [-0.4, -0.2) is 61.4 Å². The Morgan fingerprint density at radius 3 is 2.46 bits per heavy atom. The van der Waals surface area contributed by atoms with Gasteiger partial charge in [-0.15, -0.1) is 0 Å². The van der Waals surface area contributed by atoms with Gasteiger partial charge in [-0.05, 0) is 73.4 Å². The number of hydrogen-bond acceptors (Lipinski definition) is 5. The second-order valence-corrected chi connectivity index (χ2v) is 11.1. The standard InChI is InChI=1S/C31H32BrFN4O4/c1-21-18-25(11-12-27(21)32)37-13-3-6-28(30(37)39)34-29(38)31(40)36-16-14-35(15-17-36)24-4-2-5-26(19-24)41-20-22-7-9-23(33)10-8-22/h2,4-5,7-12,18-19,28H,3,6,13-17,20H2,1H3,(H,34,38). The molecule has 41 heavy (non-hydrogen) atoms. The zero-order valence-corrected chi connectivity index (χ0v) is 24.4. The summed E-state index contributed by atoms with van der Waals surface area (Å²) in [6.45, 7) is 4.73. The molecule has 2 heterocycles. The Bertz CT molecular complexity index is 1430. The first kappa shape index (κ1) is 28.6. The molecule has 5 rings (SSSR count). The van der Waals surface area contributed by atoms with Crippen LogP contribution in [-0.2, 0) is 21.0 Å². The van der Waals surface area contributed by atoms with E-state index < -0.39 is 17.9 Å². The van der Waals surface area contributed by atoms with Crippen molar-refractivity contribution in [2.75, 3.05) is 42.5 Å². The number of anilines is 2. The fourth-order valence-electron chi connectivity index (χ4n) is 5.11. The summed E-state index contributed by atoms with van der Waals surface area (Å²) in [6.07, 6.45) is 1.22. The molecule has 0 spiro atoms. The van der Waals surface area contributed by atoms with Crippen molar-refractivity contribution in [3.05, 3.63) is 88.1 Å². The minimum absolute atomic E-state index is 0.203. The van der Waals surface area contributed by atoms with Crippen LogP contribution in [0.25, 0.3) is 0 Å². The number of ether oxygens (including phenoxy) is 1. The van der Waals surface area contributed by atoms with Gasteiger partial charge in [-0.2, -0.15) is 0 Å². The molecule has 1 atom stereocenters. The van der Waals surface area contributed by atoms with Gasteiger partial charge in [-0.25, -0.2) is 4.39 Å². The van der Waals surface area contributed by atoms with Crippen LogP contribution >= 0.6 is 15.9 Å². The van der Waals surface area contributed by atoms with Gasteiger partial charge >= 0.3 is 11.8 Å². The fraction of sp³-hybridized carbons (Fsp3) is 0.323. The normalized spacial score (nSPS) is 17.4. The van der Waals surface area contributed by atoms with E-state index in [0.717, 1.165) is 33.4 Å². The molecule has 214 valence electrons. The smallest absolute Gasteiger partial charge is 0.312 e. The average Bonchev–Trinajstić information content (AvgIpc) is 2.99. The second kappa shape index (κ2) is 12.7. The van der Waals surface area contributed by atoms with E-state index in [4.69, 9.17) is 4.74 Å². The predicted molar refractivity (Wildman–Crippen MR) is 158 cm³/mol. The van der Waals surface area contributed by atoms with Gasteiger partial charge in [0.1, 0.15) is 24.2 Å². The lowest BCUT2D eigenvalue weighted by Gasteiger charge is -2.36. The zero-order chi connectivity index (χ0) is 28.9. The maximum Gasteiger partial charge on any atom is 0.312 e. The minimum atomic E-state index is -0.748. The molecule has 2 saturated heterocycles. The van der Waals surface area contributed by atoms with E-state index in [1.54, 1.807) is 17.0 Å². The Balaban J connectivity index is 1.13. The Hall–Kier alpha value is -3.92. The van der Waals surface area contributed by atoms with Crippen LogP contribution in [0.15, 0.2) is 71.2 Å². The molecular weight excluding hydrogens is 591 g/mol. The monoisotopic (exact) mass is 622 g/mol. The highest BCUT2D eigenvalue weighted by Gasteiger charge is 2.34. The van der Waals surface area contributed by atoms with Gasteiger partial charge in [-0.1, -0.05) is 34.1 Å². The van der Waals surface area contributed by atoms with Gasteiger partial charge in [0, 0.05) is 54.6 Å². The Morgan fingerprint density at radius 2 is 1.73 bits per heavy atom. The first-order valence-corrected chi connectivity index (χ1v) is 14.5. The number of benzene rings is 3. The molecule has 2 fully saturated rings. The van der Waals surface area contributed by atoms with Crippen molar-refractivity contribution in [1.82, 2.24) is 10.2 Å². The van der Waals surface area contributed by atoms with E-state index in [2.05, 4.69) is 26.1 Å². The molecule has 0 aliphatic carbocycles. The molecule has 3 aromatic rings. The van der Waals surface area contributed by atoms with Crippen molar-refractivity contribution in [2.24, 2.45) is 0 Å². The van der Waals surface area contributed by atoms with E-state index in [0.29, 0.717) is 51.5 Å². The molecule has 10 heteroatoms. The molecular formula is C31H32BrFN4O4. The number of amides is 3. The third-order valence-corrected chi connectivity index (χ3v) is 8.35. The summed E-state index contributed by atoms with van der Waals surface area (Å²) in [7, 11) is 0. The van der Waals surface area contributed by atoms with Crippen LogP contribution in [0.2, 0.25) is 0 Å². The molecule has 0 aromatic heterocycles. The number of carbonyl (C=O) groups excluding carboxylic acids is 3.